The Balaban J connectivity index is 1.59. The molecule has 3 heteroatoms. The number of hydrogen-bond donors (Lipinski definition) is 2. The van der Waals surface area contributed by atoms with Crippen molar-refractivity contribution in [2.45, 2.75) is 125 Å². The van der Waals surface area contributed by atoms with Crippen molar-refractivity contribution in [3.8, 4) is 0 Å². The van der Waals surface area contributed by atoms with Gasteiger partial charge in [0, 0.05) is 0 Å². The van der Waals surface area contributed by atoms with Gasteiger partial charge >= 0.3 is 5.97 Å². The van der Waals surface area contributed by atoms with E-state index in [1.165, 1.54) is 38.5 Å². The molecule has 8 atom stereocenters. The first-order chi connectivity index (χ1) is 15.1. The molecule has 0 saturated heterocycles. The largest absolute Gasteiger partial charge is 0.481 e. The summed E-state index contributed by atoms with van der Waals surface area (Å²) in [6.07, 6.45) is 11.8. The Kier molecular flexibility index (Phi) is 4.99. The van der Waals surface area contributed by atoms with Crippen LogP contribution in [0.3, 0.4) is 0 Å². The predicted molar refractivity (Wildman–Crippen MR) is 133 cm³/mol. The average molecular weight is 457 g/mol. The molecule has 3 saturated carbocycles. The Morgan fingerprint density at radius 2 is 1.45 bits per heavy atom. The van der Waals surface area contributed by atoms with Crippen LogP contribution >= 0.6 is 0 Å². The van der Waals surface area contributed by atoms with E-state index in [2.05, 4.69) is 41.5 Å². The zero-order valence-corrected chi connectivity index (χ0v) is 22.3. The molecule has 3 fully saturated rings. The number of hydrogen-bond acceptors (Lipinski definition) is 2. The first kappa shape index (κ1) is 23.9. The Morgan fingerprint density at radius 1 is 0.788 bits per heavy atom. The number of aliphatic hydroxyl groups excluding tert-OH is 1. The summed E-state index contributed by atoms with van der Waals surface area (Å²) < 4.78 is 0. The molecule has 0 aromatic rings. The summed E-state index contributed by atoms with van der Waals surface area (Å²) in [6.45, 7) is 16.8. The van der Waals surface area contributed by atoms with Crippen LogP contribution in [0.1, 0.15) is 119 Å². The highest BCUT2D eigenvalue weighted by molar-refractivity contribution is 5.74. The third-order valence-electron chi connectivity index (χ3n) is 13.2. The van der Waals surface area contributed by atoms with Crippen LogP contribution in [0.4, 0.5) is 0 Å². The summed E-state index contributed by atoms with van der Waals surface area (Å²) in [5.41, 5.74) is 3.74. The lowest BCUT2D eigenvalue weighted by molar-refractivity contribution is -0.175. The van der Waals surface area contributed by atoms with E-state index < -0.39 is 11.4 Å². The maximum absolute atomic E-state index is 12.3. The number of carboxylic acid groups (broad SMARTS) is 1. The normalized spacial score (nSPS) is 53.4. The highest BCUT2D eigenvalue weighted by Crippen LogP contribution is 2.75. The average Bonchev–Trinajstić information content (AvgIpc) is 2.74. The fourth-order valence-corrected chi connectivity index (χ4v) is 10.5. The molecule has 0 spiro atoms. The number of carbonyl (C=O) groups is 1. The molecule has 3 nitrogen and oxygen atoms in total. The van der Waals surface area contributed by atoms with E-state index in [1.807, 2.05) is 6.92 Å². The van der Waals surface area contributed by atoms with Crippen LogP contribution in [0.5, 0.6) is 0 Å². The van der Waals surface area contributed by atoms with E-state index >= 15 is 0 Å². The number of rotatable bonds is 1. The Bertz CT molecular complexity index is 902. The molecule has 5 aliphatic carbocycles. The highest BCUT2D eigenvalue weighted by Gasteiger charge is 2.66. The molecule has 5 rings (SSSR count). The molecule has 0 aromatic heterocycles. The Labute approximate surface area is 201 Å². The van der Waals surface area contributed by atoms with Gasteiger partial charge in [0.1, 0.15) is 0 Å². The van der Waals surface area contributed by atoms with Gasteiger partial charge in [-0.3, -0.25) is 4.79 Å². The predicted octanol–water partition coefficient (Wildman–Crippen LogP) is 7.38. The van der Waals surface area contributed by atoms with Crippen LogP contribution in [0.25, 0.3) is 0 Å². The maximum Gasteiger partial charge on any atom is 0.309 e. The van der Waals surface area contributed by atoms with Crippen LogP contribution in [-0.4, -0.2) is 22.3 Å². The molecular formula is C30H48O3. The Hall–Kier alpha value is -0.830. The second kappa shape index (κ2) is 6.89. The summed E-state index contributed by atoms with van der Waals surface area (Å²) in [5.74, 6) is 0.439. The molecule has 33 heavy (non-hydrogen) atoms. The lowest BCUT2D eigenvalue weighted by Crippen LogP contribution is -2.61. The number of aliphatic hydroxyl groups is 1. The third-order valence-corrected chi connectivity index (χ3v) is 13.2. The summed E-state index contributed by atoms with van der Waals surface area (Å²) in [7, 11) is 0. The van der Waals surface area contributed by atoms with Gasteiger partial charge in [0.25, 0.3) is 0 Å². The molecule has 5 aliphatic rings. The van der Waals surface area contributed by atoms with Crippen molar-refractivity contribution in [2.75, 3.05) is 0 Å². The fourth-order valence-electron chi connectivity index (χ4n) is 10.5. The minimum Gasteiger partial charge on any atom is -0.481 e. The molecule has 0 aromatic carbocycles. The maximum atomic E-state index is 12.3. The van der Waals surface area contributed by atoms with E-state index in [-0.39, 0.29) is 33.2 Å². The Morgan fingerprint density at radius 3 is 2.12 bits per heavy atom. The minimum atomic E-state index is -0.591. The molecule has 186 valence electrons. The number of allylic oxidation sites excluding steroid dienone is 2. The van der Waals surface area contributed by atoms with Crippen LogP contribution < -0.4 is 0 Å². The summed E-state index contributed by atoms with van der Waals surface area (Å²) in [6, 6.07) is 0. The standard InChI is InChI=1S/C30H48O3/c1-25(2)21-9-8-20-19(28(21,5)12-11-23(25)31)10-13-30(7)22-18-27(4,24(32)33)15-14-26(22,3)16-17-29(20,30)6/h21-23,31H,8-18H2,1-7H3,(H,32,33)/t21?,22?,23-,26+,27+,28+,29+,30?/m0/s1. The minimum absolute atomic E-state index is 0.0228. The van der Waals surface area contributed by atoms with Crippen molar-refractivity contribution in [1.82, 2.24) is 0 Å². The van der Waals surface area contributed by atoms with Gasteiger partial charge in [0.05, 0.1) is 11.5 Å². The molecule has 0 aliphatic heterocycles. The van der Waals surface area contributed by atoms with Crippen molar-refractivity contribution >= 4 is 5.97 Å². The van der Waals surface area contributed by atoms with Crippen molar-refractivity contribution in [1.29, 1.82) is 0 Å². The number of aliphatic carboxylic acids is 1. The van der Waals surface area contributed by atoms with E-state index in [1.54, 1.807) is 11.1 Å². The zero-order valence-electron chi connectivity index (χ0n) is 22.3. The summed E-state index contributed by atoms with van der Waals surface area (Å²) in [4.78, 5) is 12.3. The first-order valence-corrected chi connectivity index (χ1v) is 13.8. The van der Waals surface area contributed by atoms with Crippen LogP contribution in [0.2, 0.25) is 0 Å². The van der Waals surface area contributed by atoms with E-state index in [4.69, 9.17) is 0 Å². The SMILES string of the molecule is CC1(C)C2CCC3=C(CCC4(C)C5C[C@](C)(C(=O)O)CC[C@]5(C)CC[C@]34C)[C@@]2(C)CC[C@@H]1O. The lowest BCUT2D eigenvalue weighted by atomic mass is 9.35. The van der Waals surface area contributed by atoms with Crippen LogP contribution in [0.15, 0.2) is 11.1 Å². The summed E-state index contributed by atoms with van der Waals surface area (Å²) >= 11 is 0. The van der Waals surface area contributed by atoms with Gasteiger partial charge < -0.3 is 10.2 Å². The van der Waals surface area contributed by atoms with Gasteiger partial charge in [-0.05, 0) is 116 Å². The van der Waals surface area contributed by atoms with E-state index in [0.717, 1.165) is 32.1 Å². The third kappa shape index (κ3) is 2.87. The van der Waals surface area contributed by atoms with Crippen LogP contribution in [-0.2, 0) is 4.79 Å². The quantitative estimate of drug-likeness (QED) is 0.405. The van der Waals surface area contributed by atoms with Gasteiger partial charge in [0.15, 0.2) is 0 Å². The van der Waals surface area contributed by atoms with Gasteiger partial charge in [-0.2, -0.15) is 0 Å². The summed E-state index contributed by atoms with van der Waals surface area (Å²) in [5, 5.41) is 21.0. The monoisotopic (exact) mass is 456 g/mol. The van der Waals surface area contributed by atoms with Crippen molar-refractivity contribution < 1.29 is 15.0 Å². The number of carboxylic acids is 1. The smallest absolute Gasteiger partial charge is 0.309 e. The highest BCUT2D eigenvalue weighted by atomic mass is 16.4. The number of fused-ring (bicyclic) bond motifs is 6. The van der Waals surface area contributed by atoms with E-state index in [0.29, 0.717) is 11.8 Å². The second-order valence-electron chi connectivity index (χ2n) is 14.9. The molecule has 0 amide bonds. The molecule has 0 radical (unpaired) electrons. The molecule has 0 bridgehead atoms. The van der Waals surface area contributed by atoms with Crippen molar-refractivity contribution in [3.05, 3.63) is 11.1 Å². The zero-order chi connectivity index (χ0) is 24.2. The first-order valence-electron chi connectivity index (χ1n) is 13.8. The van der Waals surface area contributed by atoms with Gasteiger partial charge in [-0.15, -0.1) is 0 Å². The molecule has 2 N–H and O–H groups in total. The topological polar surface area (TPSA) is 57.5 Å². The van der Waals surface area contributed by atoms with Crippen LogP contribution in [0, 0.1) is 44.3 Å². The molecule has 0 heterocycles. The second-order valence-corrected chi connectivity index (χ2v) is 14.9. The van der Waals surface area contributed by atoms with Crippen molar-refractivity contribution in [2.24, 2.45) is 44.3 Å². The van der Waals surface area contributed by atoms with Gasteiger partial charge in [-0.25, -0.2) is 0 Å². The van der Waals surface area contributed by atoms with Gasteiger partial charge in [-0.1, -0.05) is 52.7 Å². The van der Waals surface area contributed by atoms with Crippen molar-refractivity contribution in [3.63, 3.8) is 0 Å². The van der Waals surface area contributed by atoms with Gasteiger partial charge in [0.2, 0.25) is 0 Å². The fraction of sp³-hybridized carbons (Fsp3) is 0.900. The lowest BCUT2D eigenvalue weighted by Gasteiger charge is -2.69. The van der Waals surface area contributed by atoms with E-state index in [9.17, 15) is 15.0 Å². The molecule has 3 unspecified atom stereocenters. The molecular weight excluding hydrogens is 408 g/mol.